The van der Waals surface area contributed by atoms with Crippen molar-refractivity contribution in [1.29, 1.82) is 0 Å². The van der Waals surface area contributed by atoms with Crippen molar-refractivity contribution in [2.75, 3.05) is 0 Å². The molecule has 28 heavy (non-hydrogen) atoms. The number of amides is 1. The van der Waals surface area contributed by atoms with Gasteiger partial charge in [0.1, 0.15) is 6.54 Å². The van der Waals surface area contributed by atoms with Crippen LogP contribution in [0.15, 0.2) is 77.7 Å². The molecule has 0 aliphatic carbocycles. The zero-order valence-corrected chi connectivity index (χ0v) is 15.6. The number of nitrogens with one attached hydrogen (secondary N) is 1. The van der Waals surface area contributed by atoms with E-state index in [4.69, 9.17) is 11.6 Å². The minimum atomic E-state index is -0.271. The summed E-state index contributed by atoms with van der Waals surface area (Å²) >= 11 is 6.31. The lowest BCUT2D eigenvalue weighted by Gasteiger charge is -2.13. The fourth-order valence-electron chi connectivity index (χ4n) is 3.09. The second kappa shape index (κ2) is 7.70. The molecule has 0 aliphatic rings. The molecule has 0 saturated carbocycles. The first kappa shape index (κ1) is 18.0. The highest BCUT2D eigenvalue weighted by Gasteiger charge is 2.19. The van der Waals surface area contributed by atoms with Crippen LogP contribution in [0.5, 0.6) is 0 Å². The molecule has 0 saturated heterocycles. The van der Waals surface area contributed by atoms with Crippen molar-refractivity contribution in [3.8, 4) is 5.69 Å². The number of nitrogens with zero attached hydrogens (tertiary/aromatic N) is 3. The third-order valence-corrected chi connectivity index (χ3v) is 4.72. The van der Waals surface area contributed by atoms with Crippen molar-refractivity contribution in [3.63, 3.8) is 0 Å². The second-order valence-electron chi connectivity index (χ2n) is 6.26. The van der Waals surface area contributed by atoms with Crippen molar-refractivity contribution < 1.29 is 4.79 Å². The summed E-state index contributed by atoms with van der Waals surface area (Å²) in [7, 11) is 0. The summed E-state index contributed by atoms with van der Waals surface area (Å²) in [5.74, 6) is -0.229. The minimum Gasteiger partial charge on any atom is -0.350 e. The molecule has 0 aliphatic heterocycles. The van der Waals surface area contributed by atoms with Gasteiger partial charge in [-0.25, -0.2) is 9.67 Å². The zero-order valence-electron chi connectivity index (χ0n) is 14.9. The van der Waals surface area contributed by atoms with Gasteiger partial charge in [-0.1, -0.05) is 54.1 Å². The van der Waals surface area contributed by atoms with E-state index in [0.717, 1.165) is 5.56 Å². The third-order valence-electron chi connectivity index (χ3n) is 4.40. The lowest BCUT2D eigenvalue weighted by molar-refractivity contribution is -0.122. The lowest BCUT2D eigenvalue weighted by Crippen LogP contribution is -2.31. The number of aromatic nitrogens is 3. The normalized spacial score (nSPS) is 10.9. The summed E-state index contributed by atoms with van der Waals surface area (Å²) < 4.78 is 2.96. The van der Waals surface area contributed by atoms with E-state index in [1.165, 1.54) is 4.68 Å². The predicted molar refractivity (Wildman–Crippen MR) is 109 cm³/mol. The van der Waals surface area contributed by atoms with Gasteiger partial charge in [-0.05, 0) is 29.8 Å². The highest BCUT2D eigenvalue weighted by Crippen LogP contribution is 2.20. The first-order valence-corrected chi connectivity index (χ1v) is 9.15. The number of fused-ring (bicyclic) bond motifs is 1. The summed E-state index contributed by atoms with van der Waals surface area (Å²) in [5.41, 5.74) is 1.66. The fourth-order valence-corrected chi connectivity index (χ4v) is 3.30. The van der Waals surface area contributed by atoms with Gasteiger partial charge in [-0.3, -0.25) is 14.3 Å². The van der Waals surface area contributed by atoms with Gasteiger partial charge in [0.25, 0.3) is 5.56 Å². The van der Waals surface area contributed by atoms with Crippen LogP contribution in [-0.4, -0.2) is 20.3 Å². The van der Waals surface area contributed by atoms with Crippen LogP contribution in [0.2, 0.25) is 5.02 Å². The molecule has 1 N–H and O–H groups in total. The lowest BCUT2D eigenvalue weighted by atomic mass is 10.2. The molecule has 0 atom stereocenters. The molecular formula is C21H17ClN4O2. The minimum absolute atomic E-state index is 0.0617. The summed E-state index contributed by atoms with van der Waals surface area (Å²) in [4.78, 5) is 29.9. The molecule has 0 fully saturated rings. The van der Waals surface area contributed by atoms with Gasteiger partial charge in [0, 0.05) is 12.7 Å². The van der Waals surface area contributed by atoms with Gasteiger partial charge in [0.2, 0.25) is 5.91 Å². The topological polar surface area (TPSA) is 68.9 Å². The number of rotatable bonds is 5. The first-order valence-electron chi connectivity index (χ1n) is 8.77. The van der Waals surface area contributed by atoms with E-state index in [1.807, 2.05) is 30.3 Å². The molecule has 0 bridgehead atoms. The Kier molecular flexibility index (Phi) is 4.95. The average molecular weight is 393 g/mol. The number of carbonyl (C=O) groups excluding carboxylic acids is 1. The Morgan fingerprint density at radius 2 is 1.75 bits per heavy atom. The van der Waals surface area contributed by atoms with Crippen LogP contribution in [0.4, 0.5) is 0 Å². The molecule has 2 aromatic carbocycles. The Labute approximate surface area is 166 Å². The van der Waals surface area contributed by atoms with Gasteiger partial charge in [0.15, 0.2) is 5.65 Å². The Hall–Kier alpha value is -3.38. The van der Waals surface area contributed by atoms with Crippen LogP contribution in [0.25, 0.3) is 16.7 Å². The molecule has 1 amide bonds. The van der Waals surface area contributed by atoms with E-state index < -0.39 is 0 Å². The van der Waals surface area contributed by atoms with Crippen LogP contribution < -0.4 is 10.9 Å². The SMILES string of the molecule is O=C(Cn1c2ncccc2c(=O)n1-c1ccccc1Cl)NCc1ccccc1. The summed E-state index contributed by atoms with van der Waals surface area (Å²) in [6, 6.07) is 20.0. The highest BCUT2D eigenvalue weighted by molar-refractivity contribution is 6.32. The average Bonchev–Trinajstić information content (AvgIpc) is 3.00. The number of para-hydroxylation sites is 1. The molecule has 140 valence electrons. The third kappa shape index (κ3) is 3.42. The van der Waals surface area contributed by atoms with Gasteiger partial charge < -0.3 is 5.32 Å². The van der Waals surface area contributed by atoms with Crippen molar-refractivity contribution >= 4 is 28.5 Å². The molecular weight excluding hydrogens is 376 g/mol. The van der Waals surface area contributed by atoms with Crippen LogP contribution in [0.3, 0.4) is 0 Å². The number of carbonyl (C=O) groups is 1. The Bertz CT molecular complexity index is 1200. The standard InChI is InChI=1S/C21H17ClN4O2/c22-17-10-4-5-11-18(17)26-21(28)16-9-6-12-23-20(16)25(26)14-19(27)24-13-15-7-2-1-3-8-15/h1-12H,13-14H2,(H,24,27). The second-order valence-corrected chi connectivity index (χ2v) is 6.67. The summed E-state index contributed by atoms with van der Waals surface area (Å²) in [6.45, 7) is 0.344. The quantitative estimate of drug-likeness (QED) is 0.567. The number of pyridine rings is 1. The van der Waals surface area contributed by atoms with E-state index >= 15 is 0 Å². The number of halogens is 1. The molecule has 0 spiro atoms. The number of hydrogen-bond acceptors (Lipinski definition) is 3. The first-order chi connectivity index (χ1) is 13.6. The number of benzene rings is 2. The van der Waals surface area contributed by atoms with E-state index in [9.17, 15) is 9.59 Å². The molecule has 0 unspecified atom stereocenters. The maximum atomic E-state index is 13.0. The van der Waals surface area contributed by atoms with Crippen molar-refractivity contribution in [2.24, 2.45) is 0 Å². The Balaban J connectivity index is 1.72. The van der Waals surface area contributed by atoms with E-state index in [2.05, 4.69) is 10.3 Å². The Morgan fingerprint density at radius 3 is 2.54 bits per heavy atom. The molecule has 6 nitrogen and oxygen atoms in total. The van der Waals surface area contributed by atoms with Gasteiger partial charge in [-0.2, -0.15) is 0 Å². The molecule has 4 aromatic rings. The highest BCUT2D eigenvalue weighted by atomic mass is 35.5. The maximum absolute atomic E-state index is 13.0. The molecule has 0 radical (unpaired) electrons. The fraction of sp³-hybridized carbons (Fsp3) is 0.0952. The van der Waals surface area contributed by atoms with E-state index in [1.54, 1.807) is 47.3 Å². The summed E-state index contributed by atoms with van der Waals surface area (Å²) in [5, 5.41) is 3.72. The Morgan fingerprint density at radius 1 is 1.00 bits per heavy atom. The maximum Gasteiger partial charge on any atom is 0.281 e. The van der Waals surface area contributed by atoms with Gasteiger partial charge >= 0.3 is 0 Å². The van der Waals surface area contributed by atoms with Crippen molar-refractivity contribution in [2.45, 2.75) is 13.1 Å². The van der Waals surface area contributed by atoms with Gasteiger partial charge in [-0.15, -0.1) is 0 Å². The van der Waals surface area contributed by atoms with Crippen molar-refractivity contribution in [3.05, 3.63) is 93.9 Å². The summed E-state index contributed by atoms with van der Waals surface area (Å²) in [6.07, 6.45) is 1.59. The largest absolute Gasteiger partial charge is 0.350 e. The molecule has 7 heteroatoms. The zero-order chi connectivity index (χ0) is 19.5. The molecule has 2 heterocycles. The predicted octanol–water partition coefficient (Wildman–Crippen LogP) is 3.16. The van der Waals surface area contributed by atoms with Crippen LogP contribution in [-0.2, 0) is 17.9 Å². The molecule has 4 rings (SSSR count). The van der Waals surface area contributed by atoms with Gasteiger partial charge in [0.05, 0.1) is 16.1 Å². The molecule has 2 aromatic heterocycles. The number of hydrogen-bond donors (Lipinski definition) is 1. The van der Waals surface area contributed by atoms with E-state index in [-0.39, 0.29) is 18.0 Å². The van der Waals surface area contributed by atoms with Crippen LogP contribution >= 0.6 is 11.6 Å². The van der Waals surface area contributed by atoms with Crippen molar-refractivity contribution in [1.82, 2.24) is 19.7 Å². The monoisotopic (exact) mass is 392 g/mol. The van der Waals surface area contributed by atoms with Crippen LogP contribution in [0, 0.1) is 0 Å². The smallest absolute Gasteiger partial charge is 0.281 e. The van der Waals surface area contributed by atoms with Crippen LogP contribution in [0.1, 0.15) is 5.56 Å². The van der Waals surface area contributed by atoms with E-state index in [0.29, 0.717) is 28.3 Å².